The number of rotatable bonds is 5. The van der Waals surface area contributed by atoms with Gasteiger partial charge in [0.1, 0.15) is 0 Å². The summed E-state index contributed by atoms with van der Waals surface area (Å²) in [7, 11) is 0. The van der Waals surface area contributed by atoms with Crippen LogP contribution in [0.2, 0.25) is 0 Å². The van der Waals surface area contributed by atoms with Gasteiger partial charge in [-0.05, 0) is 48.1 Å². The third kappa shape index (κ3) is 3.69. The summed E-state index contributed by atoms with van der Waals surface area (Å²) >= 11 is 0. The Labute approximate surface area is 160 Å². The van der Waals surface area contributed by atoms with Crippen LogP contribution in [-0.4, -0.2) is 53.5 Å². The van der Waals surface area contributed by atoms with Crippen molar-refractivity contribution in [2.24, 2.45) is 5.92 Å². The molecule has 1 aromatic carbocycles. The van der Waals surface area contributed by atoms with Gasteiger partial charge in [0, 0.05) is 62.6 Å². The van der Waals surface area contributed by atoms with Crippen LogP contribution in [-0.2, 0) is 0 Å². The number of benzene rings is 1. The first kappa shape index (κ1) is 16.8. The average molecular weight is 362 g/mol. The highest BCUT2D eigenvalue weighted by molar-refractivity contribution is 5.90. The Hall–Kier alpha value is -2.40. The smallest absolute Gasteiger partial charge is 0.321 e. The van der Waals surface area contributed by atoms with Crippen molar-refractivity contribution >= 4 is 11.7 Å². The van der Waals surface area contributed by atoms with E-state index in [1.807, 2.05) is 29.3 Å². The number of carbonyl (C=O) groups excluding carboxylic acids is 1. The Morgan fingerprint density at radius 3 is 2.41 bits per heavy atom. The molecule has 1 aliphatic carbocycles. The highest BCUT2D eigenvalue weighted by Gasteiger charge is 2.33. The molecule has 3 fully saturated rings. The van der Waals surface area contributed by atoms with Crippen LogP contribution < -0.4 is 5.32 Å². The Morgan fingerprint density at radius 1 is 1.00 bits per heavy atom. The minimum atomic E-state index is -0.0119. The van der Waals surface area contributed by atoms with E-state index in [0.29, 0.717) is 11.8 Å². The molecule has 0 atom stereocenters. The molecule has 5 nitrogen and oxygen atoms in total. The van der Waals surface area contributed by atoms with E-state index in [-0.39, 0.29) is 6.03 Å². The molecule has 140 valence electrons. The lowest BCUT2D eigenvalue weighted by Gasteiger charge is -2.40. The van der Waals surface area contributed by atoms with Crippen LogP contribution in [0.25, 0.3) is 0 Å². The number of aromatic nitrogens is 1. The summed E-state index contributed by atoms with van der Waals surface area (Å²) in [5.41, 5.74) is 3.48. The van der Waals surface area contributed by atoms with Crippen LogP contribution in [0.3, 0.4) is 0 Å². The van der Waals surface area contributed by atoms with E-state index in [9.17, 15) is 4.79 Å². The first-order valence-electron chi connectivity index (χ1n) is 10.0. The third-order valence-electron chi connectivity index (χ3n) is 6.13. The van der Waals surface area contributed by atoms with E-state index in [1.54, 1.807) is 6.20 Å². The molecule has 2 aromatic rings. The quantitative estimate of drug-likeness (QED) is 0.885. The third-order valence-corrected chi connectivity index (χ3v) is 6.13. The summed E-state index contributed by atoms with van der Waals surface area (Å²) in [4.78, 5) is 21.0. The second-order valence-corrected chi connectivity index (χ2v) is 8.30. The zero-order valence-corrected chi connectivity index (χ0v) is 15.6. The zero-order chi connectivity index (χ0) is 18.2. The molecule has 1 saturated carbocycles. The fourth-order valence-corrected chi connectivity index (χ4v) is 4.11. The standard InChI is InChI=1S/C22H26N4O/c27-22(26-14-20(15-26)18-2-1-9-23-10-18)24-21-7-5-17(6-8-21)19-12-25(13-19)11-16-3-4-16/h1-2,5-10,16,19-20H,3-4,11-15H2,(H,24,27). The largest absolute Gasteiger partial charge is 0.323 e. The Morgan fingerprint density at radius 2 is 1.74 bits per heavy atom. The number of carbonyl (C=O) groups is 1. The number of nitrogens with zero attached hydrogens (tertiary/aromatic N) is 3. The summed E-state index contributed by atoms with van der Waals surface area (Å²) in [6, 6.07) is 12.4. The second kappa shape index (κ2) is 6.97. The van der Waals surface area contributed by atoms with Gasteiger partial charge in [0.05, 0.1) is 0 Å². The van der Waals surface area contributed by atoms with Gasteiger partial charge < -0.3 is 15.1 Å². The maximum absolute atomic E-state index is 12.4. The first-order chi connectivity index (χ1) is 13.2. The van der Waals surface area contributed by atoms with Crippen LogP contribution in [0, 0.1) is 5.92 Å². The van der Waals surface area contributed by atoms with Gasteiger partial charge in [-0.3, -0.25) is 4.98 Å². The monoisotopic (exact) mass is 362 g/mol. The molecule has 27 heavy (non-hydrogen) atoms. The van der Waals surface area contributed by atoms with E-state index < -0.39 is 0 Å². The summed E-state index contributed by atoms with van der Waals surface area (Å²) < 4.78 is 0. The van der Waals surface area contributed by atoms with Crippen molar-refractivity contribution < 1.29 is 4.79 Å². The SMILES string of the molecule is O=C(Nc1ccc(C2CN(CC3CC3)C2)cc1)N1CC(c2cccnc2)C1. The van der Waals surface area contributed by atoms with Gasteiger partial charge in [-0.1, -0.05) is 18.2 Å². The van der Waals surface area contributed by atoms with E-state index in [0.717, 1.165) is 24.7 Å². The topological polar surface area (TPSA) is 48.5 Å². The number of amides is 2. The predicted molar refractivity (Wildman–Crippen MR) is 106 cm³/mol. The van der Waals surface area contributed by atoms with Gasteiger partial charge >= 0.3 is 6.03 Å². The lowest BCUT2D eigenvalue weighted by Crippen LogP contribution is -2.50. The molecule has 2 saturated heterocycles. The minimum absolute atomic E-state index is 0.0119. The molecule has 3 heterocycles. The normalized spacial score (nSPS) is 20.8. The molecule has 0 spiro atoms. The van der Waals surface area contributed by atoms with Gasteiger partial charge in [-0.15, -0.1) is 0 Å². The van der Waals surface area contributed by atoms with E-state index in [4.69, 9.17) is 0 Å². The van der Waals surface area contributed by atoms with Crippen molar-refractivity contribution in [3.8, 4) is 0 Å². The first-order valence-corrected chi connectivity index (χ1v) is 10.0. The summed E-state index contributed by atoms with van der Waals surface area (Å²) in [6.45, 7) is 5.18. The van der Waals surface area contributed by atoms with Crippen LogP contribution in [0.1, 0.15) is 35.8 Å². The molecule has 5 rings (SSSR count). The van der Waals surface area contributed by atoms with Gasteiger partial charge in [0.25, 0.3) is 0 Å². The molecule has 5 heteroatoms. The van der Waals surface area contributed by atoms with Gasteiger partial charge in [0.2, 0.25) is 0 Å². The summed E-state index contributed by atoms with van der Waals surface area (Å²) in [6.07, 6.45) is 6.53. The molecule has 1 aromatic heterocycles. The minimum Gasteiger partial charge on any atom is -0.323 e. The Kier molecular flexibility index (Phi) is 4.32. The average Bonchev–Trinajstić information content (AvgIpc) is 3.43. The van der Waals surface area contributed by atoms with Gasteiger partial charge in [0.15, 0.2) is 0 Å². The molecular weight excluding hydrogens is 336 g/mol. The molecule has 2 aliphatic heterocycles. The van der Waals surface area contributed by atoms with Crippen molar-refractivity contribution in [3.63, 3.8) is 0 Å². The van der Waals surface area contributed by atoms with Crippen molar-refractivity contribution in [1.29, 1.82) is 0 Å². The summed E-state index contributed by atoms with van der Waals surface area (Å²) in [5.74, 6) is 2.04. The molecule has 0 unspecified atom stereocenters. The van der Waals surface area contributed by atoms with Crippen LogP contribution >= 0.6 is 0 Å². The molecule has 1 N–H and O–H groups in total. The van der Waals surface area contributed by atoms with E-state index in [2.05, 4.69) is 33.4 Å². The molecule has 0 bridgehead atoms. The number of urea groups is 1. The van der Waals surface area contributed by atoms with Gasteiger partial charge in [-0.2, -0.15) is 0 Å². The van der Waals surface area contributed by atoms with E-state index in [1.165, 1.54) is 43.6 Å². The maximum atomic E-state index is 12.4. The van der Waals surface area contributed by atoms with E-state index >= 15 is 0 Å². The molecular formula is C22H26N4O. The number of pyridine rings is 1. The van der Waals surface area contributed by atoms with Crippen LogP contribution in [0.15, 0.2) is 48.8 Å². The summed E-state index contributed by atoms with van der Waals surface area (Å²) in [5, 5.41) is 3.02. The van der Waals surface area contributed by atoms with Crippen molar-refractivity contribution in [3.05, 3.63) is 59.9 Å². The number of hydrogen-bond acceptors (Lipinski definition) is 3. The lowest BCUT2D eigenvalue weighted by molar-refractivity contribution is 0.141. The van der Waals surface area contributed by atoms with Gasteiger partial charge in [-0.25, -0.2) is 4.79 Å². The highest BCUT2D eigenvalue weighted by Crippen LogP contribution is 2.35. The van der Waals surface area contributed by atoms with Crippen molar-refractivity contribution in [1.82, 2.24) is 14.8 Å². The fraction of sp³-hybridized carbons (Fsp3) is 0.455. The Bertz CT molecular complexity index is 791. The van der Waals surface area contributed by atoms with Crippen LogP contribution in [0.4, 0.5) is 10.5 Å². The maximum Gasteiger partial charge on any atom is 0.321 e. The lowest BCUT2D eigenvalue weighted by atomic mass is 9.91. The number of nitrogens with one attached hydrogen (secondary N) is 1. The molecule has 0 radical (unpaired) electrons. The number of anilines is 1. The molecule has 2 amide bonds. The van der Waals surface area contributed by atoms with Crippen molar-refractivity contribution in [2.45, 2.75) is 24.7 Å². The van der Waals surface area contributed by atoms with Crippen LogP contribution in [0.5, 0.6) is 0 Å². The fourth-order valence-electron chi connectivity index (χ4n) is 4.11. The van der Waals surface area contributed by atoms with Crippen molar-refractivity contribution in [2.75, 3.05) is 38.0 Å². The highest BCUT2D eigenvalue weighted by atomic mass is 16.2. The molecule has 3 aliphatic rings. The zero-order valence-electron chi connectivity index (χ0n) is 15.6. The number of likely N-dealkylation sites (tertiary alicyclic amines) is 2. The predicted octanol–water partition coefficient (Wildman–Crippen LogP) is 3.52. The second-order valence-electron chi connectivity index (χ2n) is 8.30. The Balaban J connectivity index is 1.09. The number of hydrogen-bond donors (Lipinski definition) is 1.